The summed E-state index contributed by atoms with van der Waals surface area (Å²) in [7, 11) is 0. The molecule has 2 atom stereocenters. The second kappa shape index (κ2) is 4.94. The van der Waals surface area contributed by atoms with Crippen molar-refractivity contribution in [1.29, 1.82) is 0 Å². The lowest BCUT2D eigenvalue weighted by molar-refractivity contribution is 0.0572. The summed E-state index contributed by atoms with van der Waals surface area (Å²) in [5, 5.41) is 19.3. The summed E-state index contributed by atoms with van der Waals surface area (Å²) in [4.78, 5) is 13.5. The molecule has 1 saturated heterocycles. The zero-order valence-corrected chi connectivity index (χ0v) is 11.1. The lowest BCUT2D eigenvalue weighted by Gasteiger charge is -2.16. The van der Waals surface area contributed by atoms with Crippen LogP contribution in [0.4, 0.5) is 0 Å². The SMILES string of the molecule is O=C(c1ccc(Cl)cc1Br)N1C[C@@H](O)[C@@H](O)C1. The van der Waals surface area contributed by atoms with Crippen molar-refractivity contribution < 1.29 is 15.0 Å². The Bertz CT molecular complexity index is 444. The summed E-state index contributed by atoms with van der Waals surface area (Å²) < 4.78 is 0.603. The molecule has 0 radical (unpaired) electrons. The van der Waals surface area contributed by atoms with Crippen LogP contribution in [0.25, 0.3) is 0 Å². The Balaban J connectivity index is 2.20. The molecule has 92 valence electrons. The van der Waals surface area contributed by atoms with Gasteiger partial charge in [-0.2, -0.15) is 0 Å². The first-order chi connectivity index (χ1) is 7.99. The largest absolute Gasteiger partial charge is 0.388 e. The molecular weight excluding hydrogens is 309 g/mol. The number of aliphatic hydroxyl groups excluding tert-OH is 2. The molecule has 0 spiro atoms. The van der Waals surface area contributed by atoms with Gasteiger partial charge in [-0.25, -0.2) is 0 Å². The molecule has 0 aliphatic carbocycles. The molecule has 2 rings (SSSR count). The van der Waals surface area contributed by atoms with E-state index in [1.165, 1.54) is 4.90 Å². The first-order valence-corrected chi connectivity index (χ1v) is 6.26. The molecule has 1 aliphatic rings. The van der Waals surface area contributed by atoms with E-state index in [-0.39, 0.29) is 19.0 Å². The fourth-order valence-electron chi connectivity index (χ4n) is 1.77. The molecule has 4 nitrogen and oxygen atoms in total. The third-order valence-electron chi connectivity index (χ3n) is 2.71. The summed E-state index contributed by atoms with van der Waals surface area (Å²) in [5.74, 6) is -0.232. The monoisotopic (exact) mass is 319 g/mol. The zero-order valence-electron chi connectivity index (χ0n) is 8.81. The Labute approximate surface area is 112 Å². The molecule has 1 aliphatic heterocycles. The number of likely N-dealkylation sites (tertiary alicyclic amines) is 1. The van der Waals surface area contributed by atoms with Gasteiger partial charge in [0, 0.05) is 22.6 Å². The third kappa shape index (κ3) is 2.63. The van der Waals surface area contributed by atoms with Gasteiger partial charge in [-0.15, -0.1) is 0 Å². The van der Waals surface area contributed by atoms with Crippen molar-refractivity contribution in [1.82, 2.24) is 4.90 Å². The van der Waals surface area contributed by atoms with Gasteiger partial charge < -0.3 is 15.1 Å². The van der Waals surface area contributed by atoms with Gasteiger partial charge in [0.25, 0.3) is 5.91 Å². The van der Waals surface area contributed by atoms with Crippen LogP contribution in [0.1, 0.15) is 10.4 Å². The second-order valence-electron chi connectivity index (χ2n) is 3.97. The van der Waals surface area contributed by atoms with E-state index in [2.05, 4.69) is 15.9 Å². The highest BCUT2D eigenvalue weighted by Gasteiger charge is 2.33. The van der Waals surface area contributed by atoms with Crippen LogP contribution >= 0.6 is 27.5 Å². The molecule has 1 amide bonds. The predicted octanol–water partition coefficient (Wildman–Crippen LogP) is 1.28. The van der Waals surface area contributed by atoms with Crippen molar-refractivity contribution >= 4 is 33.4 Å². The minimum Gasteiger partial charge on any atom is -0.388 e. The number of benzene rings is 1. The number of hydrogen-bond donors (Lipinski definition) is 2. The Morgan fingerprint density at radius 1 is 1.35 bits per heavy atom. The van der Waals surface area contributed by atoms with Crippen LogP contribution in [0.2, 0.25) is 5.02 Å². The van der Waals surface area contributed by atoms with Crippen LogP contribution in [0, 0.1) is 0 Å². The van der Waals surface area contributed by atoms with Crippen molar-refractivity contribution in [2.24, 2.45) is 0 Å². The maximum atomic E-state index is 12.1. The van der Waals surface area contributed by atoms with Gasteiger partial charge in [0.1, 0.15) is 0 Å². The summed E-state index contributed by atoms with van der Waals surface area (Å²) in [5.41, 5.74) is 0.468. The molecule has 1 fully saturated rings. The minimum absolute atomic E-state index is 0.148. The second-order valence-corrected chi connectivity index (χ2v) is 5.26. The summed E-state index contributed by atoms with van der Waals surface area (Å²) in [6.07, 6.45) is -1.74. The molecule has 0 aromatic heterocycles. The Morgan fingerprint density at radius 2 is 1.94 bits per heavy atom. The maximum Gasteiger partial charge on any atom is 0.255 e. The Kier molecular flexibility index (Phi) is 3.73. The lowest BCUT2D eigenvalue weighted by Crippen LogP contribution is -2.30. The quantitative estimate of drug-likeness (QED) is 0.819. The lowest BCUT2D eigenvalue weighted by atomic mass is 10.2. The zero-order chi connectivity index (χ0) is 12.6. The number of rotatable bonds is 1. The van der Waals surface area contributed by atoms with Crippen LogP contribution in [-0.4, -0.2) is 46.3 Å². The molecule has 0 bridgehead atoms. The molecule has 17 heavy (non-hydrogen) atoms. The standard InChI is InChI=1S/C11H11BrClNO3/c12-8-3-6(13)1-2-7(8)11(17)14-4-9(15)10(16)5-14/h1-3,9-10,15-16H,4-5H2/t9-,10+. The average molecular weight is 321 g/mol. The van der Waals surface area contributed by atoms with Crippen molar-refractivity contribution in [3.63, 3.8) is 0 Å². The molecule has 2 N–H and O–H groups in total. The normalized spacial score (nSPS) is 24.1. The molecule has 0 unspecified atom stereocenters. The van der Waals surface area contributed by atoms with Gasteiger partial charge in [-0.05, 0) is 34.1 Å². The van der Waals surface area contributed by atoms with E-state index in [1.54, 1.807) is 18.2 Å². The first-order valence-electron chi connectivity index (χ1n) is 5.09. The predicted molar refractivity (Wildman–Crippen MR) is 67.1 cm³/mol. The Hall–Kier alpha value is -0.620. The maximum absolute atomic E-state index is 12.1. The molecular formula is C11H11BrClNO3. The Morgan fingerprint density at radius 3 is 2.47 bits per heavy atom. The van der Waals surface area contributed by atoms with Crippen molar-refractivity contribution in [2.45, 2.75) is 12.2 Å². The molecule has 0 saturated carbocycles. The highest BCUT2D eigenvalue weighted by Crippen LogP contribution is 2.24. The van der Waals surface area contributed by atoms with Crippen molar-refractivity contribution in [3.8, 4) is 0 Å². The topological polar surface area (TPSA) is 60.8 Å². The van der Waals surface area contributed by atoms with Crippen molar-refractivity contribution in [2.75, 3.05) is 13.1 Å². The van der Waals surface area contributed by atoms with Gasteiger partial charge in [0.05, 0.1) is 17.8 Å². The highest BCUT2D eigenvalue weighted by molar-refractivity contribution is 9.10. The number of hydrogen-bond acceptors (Lipinski definition) is 3. The number of carbonyl (C=O) groups excluding carboxylic acids is 1. The summed E-state index contributed by atoms with van der Waals surface area (Å²) in [6.45, 7) is 0.296. The number of aliphatic hydroxyl groups is 2. The van der Waals surface area contributed by atoms with Crippen LogP contribution in [0.5, 0.6) is 0 Å². The minimum atomic E-state index is -0.870. The number of amides is 1. The highest BCUT2D eigenvalue weighted by atomic mass is 79.9. The number of carbonyl (C=O) groups is 1. The summed E-state index contributed by atoms with van der Waals surface area (Å²) >= 11 is 9.06. The van der Waals surface area contributed by atoms with Gasteiger partial charge >= 0.3 is 0 Å². The number of nitrogens with zero attached hydrogens (tertiary/aromatic N) is 1. The van der Waals surface area contributed by atoms with Crippen LogP contribution in [0.15, 0.2) is 22.7 Å². The average Bonchev–Trinajstić information content (AvgIpc) is 2.58. The van der Waals surface area contributed by atoms with E-state index < -0.39 is 12.2 Å². The van der Waals surface area contributed by atoms with Crippen LogP contribution < -0.4 is 0 Å². The molecule has 1 heterocycles. The van der Waals surface area contributed by atoms with Gasteiger partial charge in [0.2, 0.25) is 0 Å². The third-order valence-corrected chi connectivity index (χ3v) is 3.60. The molecule has 6 heteroatoms. The van der Waals surface area contributed by atoms with Gasteiger partial charge in [-0.1, -0.05) is 11.6 Å². The van der Waals surface area contributed by atoms with Crippen LogP contribution in [-0.2, 0) is 0 Å². The van der Waals surface area contributed by atoms with Gasteiger partial charge in [-0.3, -0.25) is 4.79 Å². The number of β-amino-alcohol motifs (C(OH)–C–C–N with tert-alkyl or cyclic N) is 2. The fourth-order valence-corrected chi connectivity index (χ4v) is 2.62. The van der Waals surface area contributed by atoms with Crippen LogP contribution in [0.3, 0.4) is 0 Å². The van der Waals surface area contributed by atoms with E-state index in [4.69, 9.17) is 11.6 Å². The van der Waals surface area contributed by atoms with Crippen molar-refractivity contribution in [3.05, 3.63) is 33.3 Å². The first kappa shape index (κ1) is 12.8. The summed E-state index contributed by atoms with van der Waals surface area (Å²) in [6, 6.07) is 4.88. The van der Waals surface area contributed by atoms with E-state index in [0.29, 0.717) is 15.1 Å². The smallest absolute Gasteiger partial charge is 0.255 e. The van der Waals surface area contributed by atoms with Gasteiger partial charge in [0.15, 0.2) is 0 Å². The molecule has 1 aromatic rings. The number of halogens is 2. The molecule has 1 aromatic carbocycles. The van der Waals surface area contributed by atoms with E-state index in [1.807, 2.05) is 0 Å². The van der Waals surface area contributed by atoms with E-state index >= 15 is 0 Å². The van der Waals surface area contributed by atoms with E-state index in [9.17, 15) is 15.0 Å². The van der Waals surface area contributed by atoms with E-state index in [0.717, 1.165) is 0 Å². The fraction of sp³-hybridized carbons (Fsp3) is 0.364.